The van der Waals surface area contributed by atoms with E-state index in [2.05, 4.69) is 59.0 Å². The molecule has 1 aromatic carbocycles. The number of likely N-dealkylation sites (N-methyl/N-ethyl adjacent to an activating group) is 1. The van der Waals surface area contributed by atoms with E-state index in [4.69, 9.17) is 4.98 Å². The first-order valence-corrected chi connectivity index (χ1v) is 11.1. The van der Waals surface area contributed by atoms with Crippen LogP contribution in [0.2, 0.25) is 0 Å². The molecule has 0 aliphatic rings. The van der Waals surface area contributed by atoms with E-state index < -0.39 is 0 Å². The number of allylic oxidation sites excluding steroid dienone is 2. The van der Waals surface area contributed by atoms with Gasteiger partial charge < -0.3 is 0 Å². The third-order valence-corrected chi connectivity index (χ3v) is 4.90. The monoisotopic (exact) mass is 441 g/mol. The zero-order chi connectivity index (χ0) is 23.6. The number of pyridine rings is 1. The first kappa shape index (κ1) is 23.8. The van der Waals surface area contributed by atoms with Crippen LogP contribution in [0.15, 0.2) is 70.9 Å². The van der Waals surface area contributed by atoms with Crippen LogP contribution in [0.5, 0.6) is 0 Å². The summed E-state index contributed by atoms with van der Waals surface area (Å²) in [6.07, 6.45) is 12.0. The van der Waals surface area contributed by atoms with Crippen LogP contribution in [-0.4, -0.2) is 50.9 Å². The predicted molar refractivity (Wildman–Crippen MR) is 137 cm³/mol. The number of nitrogens with zero attached hydrogens (tertiary/aromatic N) is 7. The second-order valence-corrected chi connectivity index (χ2v) is 7.54. The maximum absolute atomic E-state index is 4.73. The first-order chi connectivity index (χ1) is 16.0. The second-order valence-electron chi connectivity index (χ2n) is 7.54. The summed E-state index contributed by atoms with van der Waals surface area (Å²) < 4.78 is 1.78. The van der Waals surface area contributed by atoms with Crippen LogP contribution in [0.3, 0.4) is 0 Å². The molecular formula is C26H31N7. The Labute approximate surface area is 195 Å². The summed E-state index contributed by atoms with van der Waals surface area (Å²) in [4.78, 5) is 13.5. The Morgan fingerprint density at radius 2 is 1.88 bits per heavy atom. The number of aliphatic imine (C=N–C) groups is 1. The zero-order valence-electron chi connectivity index (χ0n) is 19.8. The number of benzene rings is 1. The van der Waals surface area contributed by atoms with E-state index in [1.54, 1.807) is 10.9 Å². The molecular weight excluding hydrogens is 410 g/mol. The Morgan fingerprint density at radius 1 is 1.09 bits per heavy atom. The molecule has 0 radical (unpaired) electrons. The molecule has 0 saturated carbocycles. The quantitative estimate of drug-likeness (QED) is 0.197. The van der Waals surface area contributed by atoms with Crippen molar-refractivity contribution in [1.29, 1.82) is 0 Å². The van der Waals surface area contributed by atoms with Crippen molar-refractivity contribution in [2.75, 3.05) is 13.6 Å². The van der Waals surface area contributed by atoms with Gasteiger partial charge in [0.2, 0.25) is 0 Å². The lowest BCUT2D eigenvalue weighted by Gasteiger charge is -2.13. The van der Waals surface area contributed by atoms with Gasteiger partial charge in [-0.1, -0.05) is 38.1 Å². The van der Waals surface area contributed by atoms with Crippen molar-refractivity contribution in [3.05, 3.63) is 72.2 Å². The van der Waals surface area contributed by atoms with Crippen molar-refractivity contribution in [2.45, 2.75) is 26.7 Å². The van der Waals surface area contributed by atoms with Crippen molar-refractivity contribution in [2.24, 2.45) is 17.1 Å². The highest BCUT2D eigenvalue weighted by Gasteiger charge is 2.14. The third-order valence-electron chi connectivity index (χ3n) is 4.90. The third kappa shape index (κ3) is 6.32. The molecule has 0 bridgehead atoms. The van der Waals surface area contributed by atoms with E-state index >= 15 is 0 Å². The van der Waals surface area contributed by atoms with E-state index in [9.17, 15) is 0 Å². The molecule has 2 heterocycles. The fourth-order valence-corrected chi connectivity index (χ4v) is 3.23. The minimum Gasteiger partial charge on any atom is -0.294 e. The van der Waals surface area contributed by atoms with Crippen molar-refractivity contribution < 1.29 is 0 Å². The molecule has 0 N–H and O–H groups in total. The van der Waals surface area contributed by atoms with Gasteiger partial charge in [-0.25, -0.2) is 14.7 Å². The molecule has 0 spiro atoms. The minimum atomic E-state index is 0.531. The Balaban J connectivity index is 2.09. The number of aryl methyl sites for hydroxylation is 1. The van der Waals surface area contributed by atoms with Crippen LogP contribution in [0.1, 0.15) is 38.1 Å². The lowest BCUT2D eigenvalue weighted by molar-refractivity contribution is 0.394. The summed E-state index contributed by atoms with van der Waals surface area (Å²) in [5.74, 6) is 1.97. The smallest absolute Gasteiger partial charge is 0.181 e. The SMILES string of the molecule is C=N/C(=N\N(C)C/C=C\CC)c1cc(-c2ccccn2)cc(-c2nc(/C=C\CC)n(C)n2)c1. The average Bonchev–Trinajstić information content (AvgIpc) is 3.22. The Hall–Kier alpha value is -3.87. The van der Waals surface area contributed by atoms with E-state index in [-0.39, 0.29) is 0 Å². The molecule has 0 amide bonds. The van der Waals surface area contributed by atoms with Crippen molar-refractivity contribution in [1.82, 2.24) is 24.8 Å². The summed E-state index contributed by atoms with van der Waals surface area (Å²) in [7, 11) is 3.81. The Kier molecular flexibility index (Phi) is 8.41. The van der Waals surface area contributed by atoms with Crippen LogP contribution in [0.25, 0.3) is 28.7 Å². The average molecular weight is 442 g/mol. The van der Waals surface area contributed by atoms with E-state index in [1.807, 2.05) is 61.6 Å². The van der Waals surface area contributed by atoms with Crippen LogP contribution < -0.4 is 0 Å². The summed E-state index contributed by atoms with van der Waals surface area (Å²) >= 11 is 0. The van der Waals surface area contributed by atoms with Gasteiger partial charge in [-0.05, 0) is 56.0 Å². The van der Waals surface area contributed by atoms with E-state index in [0.717, 1.165) is 41.1 Å². The summed E-state index contributed by atoms with van der Waals surface area (Å²) in [6, 6.07) is 11.9. The number of hydrazone groups is 1. The molecule has 2 aromatic heterocycles. The van der Waals surface area contributed by atoms with Crippen LogP contribution in [0.4, 0.5) is 0 Å². The molecule has 0 saturated heterocycles. The Bertz CT molecular complexity index is 1160. The fourth-order valence-electron chi connectivity index (χ4n) is 3.23. The normalized spacial score (nSPS) is 12.1. The zero-order valence-corrected chi connectivity index (χ0v) is 19.8. The lowest BCUT2D eigenvalue weighted by Crippen LogP contribution is -2.14. The molecule has 3 aromatic rings. The number of rotatable bonds is 9. The molecule has 0 aliphatic carbocycles. The lowest BCUT2D eigenvalue weighted by atomic mass is 10.0. The maximum atomic E-state index is 4.73. The summed E-state index contributed by atoms with van der Waals surface area (Å²) in [6.45, 7) is 8.65. The molecule has 33 heavy (non-hydrogen) atoms. The van der Waals surface area contributed by atoms with Crippen LogP contribution in [0, 0.1) is 0 Å². The highest BCUT2D eigenvalue weighted by molar-refractivity contribution is 6.03. The highest BCUT2D eigenvalue weighted by atomic mass is 15.4. The summed E-state index contributed by atoms with van der Waals surface area (Å²) in [5, 5.41) is 11.1. The molecule has 0 aliphatic heterocycles. The van der Waals surface area contributed by atoms with Gasteiger partial charge in [0, 0.05) is 37.0 Å². The number of hydrogen-bond donors (Lipinski definition) is 0. The number of amidine groups is 1. The van der Waals surface area contributed by atoms with Gasteiger partial charge in [0.1, 0.15) is 0 Å². The fraction of sp³-hybridized carbons (Fsp3) is 0.269. The van der Waals surface area contributed by atoms with Gasteiger partial charge in [-0.3, -0.25) is 9.99 Å². The minimum absolute atomic E-state index is 0.531. The molecule has 170 valence electrons. The molecule has 3 rings (SSSR count). The van der Waals surface area contributed by atoms with Gasteiger partial charge in [0.25, 0.3) is 0 Å². The summed E-state index contributed by atoms with van der Waals surface area (Å²) in [5.41, 5.74) is 3.48. The standard InChI is InChI=1S/C26H31N7/c1-6-8-12-16-32(4)30-25(27-3)21-17-20(23-13-10-11-15-28-23)18-22(19-21)26-29-24(14-9-7-2)33(5)31-26/h8-15,17-19H,3,6-7,16H2,1-2,4-5H3/b12-8-,14-9-,30-25-. The Morgan fingerprint density at radius 3 is 2.58 bits per heavy atom. The van der Waals surface area contributed by atoms with Crippen LogP contribution >= 0.6 is 0 Å². The molecule has 7 heteroatoms. The maximum Gasteiger partial charge on any atom is 0.181 e. The first-order valence-electron chi connectivity index (χ1n) is 11.1. The van der Waals surface area contributed by atoms with Crippen molar-refractivity contribution in [3.8, 4) is 22.6 Å². The molecule has 7 nitrogen and oxygen atoms in total. The highest BCUT2D eigenvalue weighted by Crippen LogP contribution is 2.27. The van der Waals surface area contributed by atoms with Gasteiger partial charge in [-0.2, -0.15) is 10.2 Å². The number of hydrogen-bond acceptors (Lipinski definition) is 5. The molecule has 0 atom stereocenters. The van der Waals surface area contributed by atoms with Gasteiger partial charge >= 0.3 is 0 Å². The molecule has 0 unspecified atom stereocenters. The largest absolute Gasteiger partial charge is 0.294 e. The molecule has 0 fully saturated rings. The van der Waals surface area contributed by atoms with E-state index in [0.29, 0.717) is 18.2 Å². The van der Waals surface area contributed by atoms with Crippen LogP contribution in [-0.2, 0) is 7.05 Å². The van der Waals surface area contributed by atoms with Gasteiger partial charge in [0.05, 0.1) is 12.2 Å². The van der Waals surface area contributed by atoms with Crippen molar-refractivity contribution >= 4 is 18.6 Å². The second kappa shape index (κ2) is 11.7. The topological polar surface area (TPSA) is 71.6 Å². The van der Waals surface area contributed by atoms with Gasteiger partial charge in [0.15, 0.2) is 17.5 Å². The predicted octanol–water partition coefficient (Wildman–Crippen LogP) is 5.23. The van der Waals surface area contributed by atoms with E-state index in [1.165, 1.54) is 0 Å². The van der Waals surface area contributed by atoms with Gasteiger partial charge in [-0.15, -0.1) is 0 Å². The van der Waals surface area contributed by atoms with Crippen molar-refractivity contribution in [3.63, 3.8) is 0 Å². The number of aromatic nitrogens is 4.